The summed E-state index contributed by atoms with van der Waals surface area (Å²) in [6.07, 6.45) is -6.78. The highest BCUT2D eigenvalue weighted by Gasteiger charge is 2.54. The number of methoxy groups -OCH3 is 3. The molecule has 1 aliphatic rings. The molecule has 5 N–H and O–H groups in total. The fourth-order valence-corrected chi connectivity index (χ4v) is 4.82. The van der Waals surface area contributed by atoms with Crippen LogP contribution in [0.15, 0.2) is 54.6 Å². The molecule has 0 spiro atoms. The van der Waals surface area contributed by atoms with Crippen molar-refractivity contribution in [3.8, 4) is 34.5 Å². The summed E-state index contributed by atoms with van der Waals surface area (Å²) in [6, 6.07) is 10.6. The van der Waals surface area contributed by atoms with Gasteiger partial charge in [-0.3, -0.25) is 0 Å². The molecule has 1 saturated carbocycles. The van der Waals surface area contributed by atoms with E-state index in [0.29, 0.717) is 0 Å². The number of aliphatic hydroxyl groups is 1. The highest BCUT2D eigenvalue weighted by Crippen LogP contribution is 2.37. The normalized spacial score (nSPS) is 20.6. The molecule has 0 unspecified atom stereocenters. The second-order valence-electron chi connectivity index (χ2n) is 10.2. The molecule has 15 heteroatoms. The number of aromatic hydroxyl groups is 3. The zero-order valence-corrected chi connectivity index (χ0v) is 24.7. The summed E-state index contributed by atoms with van der Waals surface area (Å²) in [5.41, 5.74) is -3.26. The molecule has 0 saturated heterocycles. The first-order valence-corrected chi connectivity index (χ1v) is 13.5. The predicted molar refractivity (Wildman–Crippen MR) is 153 cm³/mol. The van der Waals surface area contributed by atoms with E-state index in [9.17, 15) is 44.7 Å². The molecule has 244 valence electrons. The molecule has 0 radical (unpaired) electrons. The van der Waals surface area contributed by atoms with Crippen molar-refractivity contribution in [3.63, 3.8) is 0 Å². The van der Waals surface area contributed by atoms with Crippen LogP contribution in [-0.2, 0) is 19.0 Å². The average molecular weight is 643 g/mol. The summed E-state index contributed by atoms with van der Waals surface area (Å²) in [5.74, 6) is -6.20. The van der Waals surface area contributed by atoms with Crippen LogP contribution in [0.3, 0.4) is 0 Å². The van der Waals surface area contributed by atoms with Crippen LogP contribution in [0.5, 0.6) is 34.5 Å². The van der Waals surface area contributed by atoms with Crippen LogP contribution in [0.25, 0.3) is 0 Å². The van der Waals surface area contributed by atoms with Crippen LogP contribution in [0.1, 0.15) is 43.9 Å². The van der Waals surface area contributed by atoms with Crippen LogP contribution in [-0.4, -0.2) is 94.7 Å². The number of carboxylic acid groups (broad SMARTS) is 1. The number of aliphatic carboxylic acids is 1. The van der Waals surface area contributed by atoms with Crippen LogP contribution < -0.4 is 14.2 Å². The summed E-state index contributed by atoms with van der Waals surface area (Å²) < 4.78 is 31.5. The number of carboxylic acids is 1. The van der Waals surface area contributed by atoms with E-state index in [-0.39, 0.29) is 33.9 Å². The molecule has 1 fully saturated rings. The van der Waals surface area contributed by atoms with Crippen LogP contribution in [0.2, 0.25) is 0 Å². The van der Waals surface area contributed by atoms with E-state index in [4.69, 9.17) is 28.4 Å². The Morgan fingerprint density at radius 3 is 1.22 bits per heavy atom. The Hall–Kier alpha value is -5.70. The Morgan fingerprint density at radius 2 is 0.935 bits per heavy atom. The smallest absolute Gasteiger partial charge is 0.338 e. The van der Waals surface area contributed by atoms with Gasteiger partial charge in [0, 0.05) is 12.8 Å². The summed E-state index contributed by atoms with van der Waals surface area (Å²) >= 11 is 0. The number of carbonyl (C=O) groups excluding carboxylic acids is 3. The van der Waals surface area contributed by atoms with Gasteiger partial charge in [0.2, 0.25) is 0 Å². The third kappa shape index (κ3) is 6.99. The van der Waals surface area contributed by atoms with E-state index in [1.54, 1.807) is 0 Å². The molecular formula is C31H30O15. The van der Waals surface area contributed by atoms with Gasteiger partial charge in [-0.05, 0) is 54.6 Å². The highest BCUT2D eigenvalue weighted by molar-refractivity contribution is 5.92. The van der Waals surface area contributed by atoms with Gasteiger partial charge in [-0.1, -0.05) is 0 Å². The number of hydrogen-bond acceptors (Lipinski definition) is 14. The maximum Gasteiger partial charge on any atom is 0.338 e. The van der Waals surface area contributed by atoms with Crippen molar-refractivity contribution in [3.05, 3.63) is 71.3 Å². The molecule has 0 aliphatic heterocycles. The van der Waals surface area contributed by atoms with Gasteiger partial charge in [0.15, 0.2) is 46.2 Å². The first-order valence-electron chi connectivity index (χ1n) is 13.5. The molecule has 46 heavy (non-hydrogen) atoms. The first-order chi connectivity index (χ1) is 21.8. The summed E-state index contributed by atoms with van der Waals surface area (Å²) in [7, 11) is 3.87. The van der Waals surface area contributed by atoms with Gasteiger partial charge in [0.05, 0.1) is 38.0 Å². The summed E-state index contributed by atoms with van der Waals surface area (Å²) in [6.45, 7) is 0. The topological polar surface area (TPSA) is 225 Å². The average Bonchev–Trinajstić information content (AvgIpc) is 3.02. The lowest BCUT2D eigenvalue weighted by atomic mass is 9.79. The summed E-state index contributed by atoms with van der Waals surface area (Å²) in [5, 5.41) is 51.4. The van der Waals surface area contributed by atoms with Gasteiger partial charge in [0.1, 0.15) is 12.2 Å². The van der Waals surface area contributed by atoms with Gasteiger partial charge in [-0.15, -0.1) is 0 Å². The minimum absolute atomic E-state index is 0.0422. The maximum absolute atomic E-state index is 13.3. The largest absolute Gasteiger partial charge is 0.504 e. The number of carbonyl (C=O) groups is 4. The Kier molecular flexibility index (Phi) is 9.76. The minimum Gasteiger partial charge on any atom is -0.504 e. The van der Waals surface area contributed by atoms with E-state index in [2.05, 4.69) is 0 Å². The lowest BCUT2D eigenvalue weighted by Crippen LogP contribution is -2.59. The van der Waals surface area contributed by atoms with E-state index in [1.165, 1.54) is 57.7 Å². The number of ether oxygens (including phenoxy) is 6. The van der Waals surface area contributed by atoms with E-state index >= 15 is 0 Å². The highest BCUT2D eigenvalue weighted by atomic mass is 16.6. The van der Waals surface area contributed by atoms with E-state index in [0.717, 1.165) is 18.2 Å². The minimum atomic E-state index is -2.64. The maximum atomic E-state index is 13.3. The zero-order chi connectivity index (χ0) is 33.8. The Morgan fingerprint density at radius 1 is 0.609 bits per heavy atom. The molecule has 2 atom stereocenters. The van der Waals surface area contributed by atoms with Gasteiger partial charge in [-0.25, -0.2) is 19.2 Å². The predicted octanol–water partition coefficient (Wildman–Crippen LogP) is 2.42. The standard InChI is InChI=1S/C31H30O15/c1-41-21-7-4-15(10-18(21)32)27(35)44-24-13-31(40,30(38)39)14-25(45-28(36)16-5-8-22(42-2)19(33)11-16)26(24)46-29(37)17-6-9-23(43-3)20(34)12-17/h4-12,24-26,32-34,40H,13-14H2,1-3H3,(H,38,39)/t24-,25-,26?,31?/m1/s1. The zero-order valence-electron chi connectivity index (χ0n) is 24.7. The number of hydrogen-bond donors (Lipinski definition) is 5. The second-order valence-corrected chi connectivity index (χ2v) is 10.2. The summed E-state index contributed by atoms with van der Waals surface area (Å²) in [4.78, 5) is 51.8. The monoisotopic (exact) mass is 642 g/mol. The molecule has 3 aromatic carbocycles. The van der Waals surface area contributed by atoms with E-state index in [1.807, 2.05) is 0 Å². The Bertz CT molecular complexity index is 1570. The Labute approximate surface area is 261 Å². The van der Waals surface area contributed by atoms with Gasteiger partial charge < -0.3 is 54.0 Å². The van der Waals surface area contributed by atoms with Crippen LogP contribution in [0.4, 0.5) is 0 Å². The van der Waals surface area contributed by atoms with Crippen LogP contribution >= 0.6 is 0 Å². The van der Waals surface area contributed by atoms with Crippen molar-refractivity contribution < 1.29 is 73.1 Å². The molecule has 3 aromatic rings. The molecule has 4 rings (SSSR count). The van der Waals surface area contributed by atoms with Gasteiger partial charge in [-0.2, -0.15) is 0 Å². The van der Waals surface area contributed by atoms with Crippen molar-refractivity contribution >= 4 is 23.9 Å². The number of esters is 3. The molecule has 15 nitrogen and oxygen atoms in total. The molecule has 0 heterocycles. The fraction of sp³-hybridized carbons (Fsp3) is 0.290. The van der Waals surface area contributed by atoms with Gasteiger partial charge in [0.25, 0.3) is 0 Å². The lowest BCUT2D eigenvalue weighted by Gasteiger charge is -2.42. The number of rotatable bonds is 10. The SMILES string of the molecule is COc1ccc(C(=O)OC2[C@H](OC(=O)c3ccc(OC)c(O)c3)CC(O)(C(=O)O)C[C@H]2OC(=O)c2ccc(OC)c(O)c2)cc1O. The quantitative estimate of drug-likeness (QED) is 0.158. The fourth-order valence-electron chi connectivity index (χ4n) is 4.82. The Balaban J connectivity index is 1.72. The first kappa shape index (κ1) is 33.2. The number of benzene rings is 3. The number of phenolic OH excluding ortho intramolecular Hbond substituents is 3. The molecule has 0 amide bonds. The third-order valence-electron chi connectivity index (χ3n) is 7.21. The third-order valence-corrected chi connectivity index (χ3v) is 7.21. The lowest BCUT2D eigenvalue weighted by molar-refractivity contribution is -0.188. The van der Waals surface area contributed by atoms with Crippen molar-refractivity contribution in [2.75, 3.05) is 21.3 Å². The van der Waals surface area contributed by atoms with Crippen molar-refractivity contribution in [1.29, 1.82) is 0 Å². The van der Waals surface area contributed by atoms with Crippen molar-refractivity contribution in [2.24, 2.45) is 0 Å². The molecule has 0 aromatic heterocycles. The molecule has 0 bridgehead atoms. The van der Waals surface area contributed by atoms with Crippen LogP contribution in [0, 0.1) is 0 Å². The van der Waals surface area contributed by atoms with Gasteiger partial charge >= 0.3 is 23.9 Å². The second kappa shape index (κ2) is 13.5. The van der Waals surface area contributed by atoms with E-state index < -0.39 is 77.9 Å². The van der Waals surface area contributed by atoms with Crippen molar-refractivity contribution in [2.45, 2.75) is 36.8 Å². The molecule has 1 aliphatic carbocycles. The molecular weight excluding hydrogens is 612 g/mol. The van der Waals surface area contributed by atoms with Crippen molar-refractivity contribution in [1.82, 2.24) is 0 Å². The number of phenols is 3.